The highest BCUT2D eigenvalue weighted by Crippen LogP contribution is 1.93. The van der Waals surface area contributed by atoms with Gasteiger partial charge < -0.3 is 0 Å². The summed E-state index contributed by atoms with van der Waals surface area (Å²) >= 11 is 0. The zero-order valence-electron chi connectivity index (χ0n) is 3.68. The smallest absolute Gasteiger partial charge is 0.198 e. The molecule has 0 rings (SSSR count). The van der Waals surface area contributed by atoms with Crippen LogP contribution in [0.4, 0.5) is 0 Å². The molecular formula is C3H5NO2P+. The minimum absolute atomic E-state index is 0.276. The highest BCUT2D eigenvalue weighted by atomic mass is 31.1. The van der Waals surface area contributed by atoms with E-state index in [1.54, 1.807) is 0 Å². The van der Waals surface area contributed by atoms with Gasteiger partial charge in [0.2, 0.25) is 0 Å². The van der Waals surface area contributed by atoms with E-state index < -0.39 is 8.69 Å². The van der Waals surface area contributed by atoms with Gasteiger partial charge in [0, 0.05) is 0 Å². The van der Waals surface area contributed by atoms with Gasteiger partial charge in [0.15, 0.2) is 0 Å². The van der Waals surface area contributed by atoms with Gasteiger partial charge in [0.25, 0.3) is 0 Å². The summed E-state index contributed by atoms with van der Waals surface area (Å²) in [6, 6.07) is 1.84. The molecule has 0 amide bonds. The number of hydrogen-bond donors (Lipinski definition) is 0. The first-order chi connectivity index (χ1) is 3.41. The van der Waals surface area contributed by atoms with E-state index in [0.29, 0.717) is 6.42 Å². The molecule has 0 aliphatic heterocycles. The monoisotopic (exact) mass is 118 g/mol. The van der Waals surface area contributed by atoms with Gasteiger partial charge in [0.05, 0.1) is 12.5 Å². The fourth-order valence-corrected chi connectivity index (χ4v) is 0.324. The fourth-order valence-electron chi connectivity index (χ4n) is 0.138. The number of nitriles is 1. The quantitative estimate of drug-likeness (QED) is 0.407. The Hall–Kier alpha value is -0.450. The van der Waals surface area contributed by atoms with Gasteiger partial charge in [-0.1, -0.05) is 0 Å². The van der Waals surface area contributed by atoms with Crippen molar-refractivity contribution < 1.29 is 9.09 Å². The number of hydrogen-bond acceptors (Lipinski definition) is 3. The molecular weight excluding hydrogens is 113 g/mol. The Kier molecular flexibility index (Phi) is 5.19. The summed E-state index contributed by atoms with van der Waals surface area (Å²) in [7, 11) is -0.733. The molecule has 0 aromatic heterocycles. The summed E-state index contributed by atoms with van der Waals surface area (Å²) in [6.07, 6.45) is 0.315. The highest BCUT2D eigenvalue weighted by molar-refractivity contribution is 7.17. The van der Waals surface area contributed by atoms with Crippen LogP contribution >= 0.6 is 8.69 Å². The van der Waals surface area contributed by atoms with Gasteiger partial charge in [-0.05, 0) is 4.57 Å². The second-order valence-electron chi connectivity index (χ2n) is 0.840. The third-order valence-electron chi connectivity index (χ3n) is 0.375. The molecule has 0 heterocycles. The standard InChI is InChI=1S/C3H5NO2P/c4-2-1-3-6-7-5/h7H,1,3H2/q+1. The van der Waals surface area contributed by atoms with Gasteiger partial charge in [-0.15, -0.1) is 4.52 Å². The number of rotatable bonds is 3. The van der Waals surface area contributed by atoms with E-state index in [2.05, 4.69) is 4.52 Å². The Morgan fingerprint density at radius 2 is 2.57 bits per heavy atom. The fraction of sp³-hybridized carbons (Fsp3) is 0.667. The average Bonchev–Trinajstić information content (AvgIpc) is 1.69. The van der Waals surface area contributed by atoms with Crippen LogP contribution < -0.4 is 0 Å². The summed E-state index contributed by atoms with van der Waals surface area (Å²) in [5.41, 5.74) is 0. The maximum Gasteiger partial charge on any atom is 0.494 e. The van der Waals surface area contributed by atoms with E-state index >= 15 is 0 Å². The van der Waals surface area contributed by atoms with Crippen LogP contribution in [0.2, 0.25) is 0 Å². The third-order valence-corrected chi connectivity index (χ3v) is 0.697. The second-order valence-corrected chi connectivity index (χ2v) is 1.30. The zero-order chi connectivity index (χ0) is 5.54. The lowest BCUT2D eigenvalue weighted by atomic mass is 10.5. The molecule has 0 bridgehead atoms. The average molecular weight is 118 g/mol. The predicted octanol–water partition coefficient (Wildman–Crippen LogP) is 0.856. The van der Waals surface area contributed by atoms with Crippen molar-refractivity contribution >= 4 is 8.69 Å². The van der Waals surface area contributed by atoms with Crippen molar-refractivity contribution in [2.24, 2.45) is 0 Å². The molecule has 0 aromatic rings. The first-order valence-corrected chi connectivity index (χ1v) is 2.59. The SMILES string of the molecule is N#CCCO[PH+]=O. The van der Waals surface area contributed by atoms with Crippen molar-refractivity contribution in [1.29, 1.82) is 5.26 Å². The molecule has 7 heavy (non-hydrogen) atoms. The summed E-state index contributed by atoms with van der Waals surface area (Å²) in [6.45, 7) is 0.276. The first-order valence-electron chi connectivity index (χ1n) is 1.77. The van der Waals surface area contributed by atoms with Crippen molar-refractivity contribution in [2.75, 3.05) is 6.61 Å². The van der Waals surface area contributed by atoms with Crippen molar-refractivity contribution in [1.82, 2.24) is 0 Å². The van der Waals surface area contributed by atoms with Crippen LogP contribution in [0.5, 0.6) is 0 Å². The molecule has 38 valence electrons. The van der Waals surface area contributed by atoms with Crippen molar-refractivity contribution in [2.45, 2.75) is 6.42 Å². The predicted molar refractivity (Wildman–Crippen MR) is 25.2 cm³/mol. The lowest BCUT2D eigenvalue weighted by molar-refractivity contribution is 0.352. The molecule has 0 spiro atoms. The van der Waals surface area contributed by atoms with Gasteiger partial charge in [-0.3, -0.25) is 0 Å². The topological polar surface area (TPSA) is 50.1 Å². The maximum atomic E-state index is 9.50. The molecule has 0 aromatic carbocycles. The van der Waals surface area contributed by atoms with Crippen LogP contribution in [-0.4, -0.2) is 6.61 Å². The molecule has 1 atom stereocenters. The molecule has 0 fully saturated rings. The Morgan fingerprint density at radius 1 is 1.86 bits per heavy atom. The molecule has 4 heteroatoms. The van der Waals surface area contributed by atoms with Crippen LogP contribution in [0.3, 0.4) is 0 Å². The molecule has 1 unspecified atom stereocenters. The van der Waals surface area contributed by atoms with E-state index in [0.717, 1.165) is 0 Å². The third kappa shape index (κ3) is 5.55. The van der Waals surface area contributed by atoms with Crippen LogP contribution in [0.15, 0.2) is 0 Å². The van der Waals surface area contributed by atoms with Crippen LogP contribution in [-0.2, 0) is 9.09 Å². The van der Waals surface area contributed by atoms with E-state index in [1.165, 1.54) is 0 Å². The Bertz CT molecular complexity index is 87.4. The van der Waals surface area contributed by atoms with E-state index in [1.807, 2.05) is 6.07 Å². The lowest BCUT2D eigenvalue weighted by Gasteiger charge is -1.72. The van der Waals surface area contributed by atoms with Crippen molar-refractivity contribution in [3.05, 3.63) is 0 Å². The molecule has 3 nitrogen and oxygen atoms in total. The molecule has 0 N–H and O–H groups in total. The van der Waals surface area contributed by atoms with Crippen molar-refractivity contribution in [3.8, 4) is 6.07 Å². The van der Waals surface area contributed by atoms with Crippen molar-refractivity contribution in [3.63, 3.8) is 0 Å². The molecule has 0 radical (unpaired) electrons. The Balaban J connectivity index is 2.72. The normalized spacial score (nSPS) is 8.43. The Labute approximate surface area is 43.2 Å². The first kappa shape index (κ1) is 6.55. The molecule has 0 saturated carbocycles. The minimum Gasteiger partial charge on any atom is -0.198 e. The molecule has 0 saturated heterocycles. The lowest BCUT2D eigenvalue weighted by Crippen LogP contribution is -1.77. The highest BCUT2D eigenvalue weighted by Gasteiger charge is 1.87. The minimum atomic E-state index is -0.733. The van der Waals surface area contributed by atoms with E-state index in [9.17, 15) is 4.57 Å². The zero-order valence-corrected chi connectivity index (χ0v) is 4.68. The van der Waals surface area contributed by atoms with Gasteiger partial charge in [-0.2, -0.15) is 5.26 Å². The maximum absolute atomic E-state index is 9.50. The summed E-state index contributed by atoms with van der Waals surface area (Å²) in [4.78, 5) is 0. The van der Waals surface area contributed by atoms with E-state index in [4.69, 9.17) is 5.26 Å². The molecule has 0 aliphatic rings. The van der Waals surface area contributed by atoms with Gasteiger partial charge in [-0.25, -0.2) is 0 Å². The van der Waals surface area contributed by atoms with Crippen LogP contribution in [0.1, 0.15) is 6.42 Å². The largest absolute Gasteiger partial charge is 0.494 e. The molecule has 0 aliphatic carbocycles. The number of nitrogens with zero attached hydrogens (tertiary/aromatic N) is 1. The summed E-state index contributed by atoms with van der Waals surface area (Å²) in [5, 5.41) is 7.86. The van der Waals surface area contributed by atoms with Gasteiger partial charge in [0.1, 0.15) is 6.61 Å². The summed E-state index contributed by atoms with van der Waals surface area (Å²) < 4.78 is 13.8. The summed E-state index contributed by atoms with van der Waals surface area (Å²) in [5.74, 6) is 0. The van der Waals surface area contributed by atoms with E-state index in [-0.39, 0.29) is 6.61 Å². The Morgan fingerprint density at radius 3 is 3.00 bits per heavy atom. The van der Waals surface area contributed by atoms with Crippen LogP contribution in [0, 0.1) is 11.3 Å². The van der Waals surface area contributed by atoms with Gasteiger partial charge >= 0.3 is 8.69 Å². The second kappa shape index (κ2) is 5.55. The van der Waals surface area contributed by atoms with Crippen LogP contribution in [0.25, 0.3) is 0 Å².